The molecule has 0 spiro atoms. The molecule has 0 fully saturated rings. The summed E-state index contributed by atoms with van der Waals surface area (Å²) in [5.41, 5.74) is 2.03. The first-order valence-electron chi connectivity index (χ1n) is 9.72. The number of hydrogen-bond acceptors (Lipinski definition) is 4. The molecule has 0 bridgehead atoms. The topological polar surface area (TPSA) is 68.4 Å². The van der Waals surface area contributed by atoms with E-state index in [-0.39, 0.29) is 17.5 Å². The Bertz CT molecular complexity index is 1220. The van der Waals surface area contributed by atoms with Gasteiger partial charge in [0.25, 0.3) is 0 Å². The summed E-state index contributed by atoms with van der Waals surface area (Å²) in [6.07, 6.45) is 1.70. The highest BCUT2D eigenvalue weighted by molar-refractivity contribution is 7.99. The second-order valence-electron chi connectivity index (χ2n) is 7.08. The highest BCUT2D eigenvalue weighted by atomic mass is 32.2. The fourth-order valence-corrected chi connectivity index (χ4v) is 4.01. The Kier molecular flexibility index (Phi) is 5.99. The Hall–Kier alpha value is -3.32. The first-order valence-corrected chi connectivity index (χ1v) is 10.7. The van der Waals surface area contributed by atoms with Crippen LogP contribution in [-0.2, 0) is 11.3 Å². The Balaban J connectivity index is 1.40. The third kappa shape index (κ3) is 4.63. The zero-order valence-electron chi connectivity index (χ0n) is 16.6. The van der Waals surface area contributed by atoms with Crippen molar-refractivity contribution in [3.63, 3.8) is 0 Å². The molecule has 1 unspecified atom stereocenters. The molecular weight excluding hydrogens is 396 g/mol. The van der Waals surface area contributed by atoms with Crippen molar-refractivity contribution in [1.82, 2.24) is 14.2 Å². The number of thioether (sulfide) groups is 1. The lowest BCUT2D eigenvalue weighted by molar-refractivity contribution is -0.118. The average Bonchev–Trinajstić information content (AvgIpc) is 3.08. The standard InChI is InChI=1S/C23H22N4O2S/c1-17(16-30-20-10-3-2-4-11-20)22(28)24-19-9-7-8-18(14-19)15-27-23(29)26-13-6-5-12-21(26)25-27/h2-14,17H,15-16H2,1H3,(H,24,28). The fraction of sp³-hybridized carbons (Fsp3) is 0.174. The lowest BCUT2D eigenvalue weighted by Gasteiger charge is -2.13. The van der Waals surface area contributed by atoms with Gasteiger partial charge in [-0.15, -0.1) is 16.9 Å². The van der Waals surface area contributed by atoms with Gasteiger partial charge in [-0.05, 0) is 42.0 Å². The number of benzene rings is 2. The molecule has 6 nitrogen and oxygen atoms in total. The second kappa shape index (κ2) is 9.00. The lowest BCUT2D eigenvalue weighted by atomic mass is 10.1. The molecule has 152 valence electrons. The number of fused-ring (bicyclic) bond motifs is 1. The van der Waals surface area contributed by atoms with Crippen LogP contribution in [0.5, 0.6) is 0 Å². The molecule has 0 aliphatic heterocycles. The van der Waals surface area contributed by atoms with Crippen molar-refractivity contribution in [3.05, 3.63) is 95.0 Å². The van der Waals surface area contributed by atoms with Gasteiger partial charge in [-0.25, -0.2) is 9.48 Å². The Morgan fingerprint density at radius 1 is 1.07 bits per heavy atom. The highest BCUT2D eigenvalue weighted by Crippen LogP contribution is 2.21. The first-order chi connectivity index (χ1) is 14.6. The van der Waals surface area contributed by atoms with E-state index >= 15 is 0 Å². The van der Waals surface area contributed by atoms with Gasteiger partial charge in [0.2, 0.25) is 5.91 Å². The maximum absolute atomic E-state index is 12.6. The minimum absolute atomic E-state index is 0.0273. The molecule has 2 aromatic heterocycles. The van der Waals surface area contributed by atoms with Crippen LogP contribution in [0.2, 0.25) is 0 Å². The van der Waals surface area contributed by atoms with Gasteiger partial charge in [0.1, 0.15) is 0 Å². The van der Waals surface area contributed by atoms with Crippen molar-refractivity contribution in [2.45, 2.75) is 18.4 Å². The van der Waals surface area contributed by atoms with E-state index in [2.05, 4.69) is 10.4 Å². The van der Waals surface area contributed by atoms with Crippen LogP contribution >= 0.6 is 11.8 Å². The number of rotatable bonds is 7. The van der Waals surface area contributed by atoms with Gasteiger partial charge in [0.05, 0.1) is 6.54 Å². The van der Waals surface area contributed by atoms with Crippen LogP contribution in [0, 0.1) is 5.92 Å². The minimum atomic E-state index is -0.188. The molecule has 1 atom stereocenters. The number of anilines is 1. The van der Waals surface area contributed by atoms with E-state index in [4.69, 9.17) is 0 Å². The first kappa shape index (κ1) is 20.0. The summed E-state index contributed by atoms with van der Waals surface area (Å²) >= 11 is 1.67. The summed E-state index contributed by atoms with van der Waals surface area (Å²) in [6.45, 7) is 2.26. The van der Waals surface area contributed by atoms with Crippen LogP contribution in [-0.4, -0.2) is 25.8 Å². The number of pyridine rings is 1. The molecule has 0 saturated carbocycles. The van der Waals surface area contributed by atoms with Crippen molar-refractivity contribution < 1.29 is 4.79 Å². The van der Waals surface area contributed by atoms with E-state index in [1.807, 2.05) is 67.6 Å². The van der Waals surface area contributed by atoms with Crippen LogP contribution < -0.4 is 11.0 Å². The molecule has 30 heavy (non-hydrogen) atoms. The molecule has 1 amide bonds. The van der Waals surface area contributed by atoms with Crippen molar-refractivity contribution in [3.8, 4) is 0 Å². The number of carbonyl (C=O) groups excluding carboxylic acids is 1. The van der Waals surface area contributed by atoms with Crippen LogP contribution in [0.25, 0.3) is 5.65 Å². The Morgan fingerprint density at radius 2 is 1.87 bits per heavy atom. The van der Waals surface area contributed by atoms with Crippen LogP contribution in [0.4, 0.5) is 5.69 Å². The van der Waals surface area contributed by atoms with Gasteiger partial charge in [-0.2, -0.15) is 0 Å². The van der Waals surface area contributed by atoms with E-state index in [0.29, 0.717) is 23.6 Å². The van der Waals surface area contributed by atoms with E-state index in [1.165, 1.54) is 9.08 Å². The van der Waals surface area contributed by atoms with E-state index in [0.717, 1.165) is 10.5 Å². The number of aromatic nitrogens is 3. The van der Waals surface area contributed by atoms with Gasteiger partial charge < -0.3 is 5.32 Å². The molecule has 0 aliphatic carbocycles. The van der Waals surface area contributed by atoms with Crippen molar-refractivity contribution in [1.29, 1.82) is 0 Å². The predicted molar refractivity (Wildman–Crippen MR) is 120 cm³/mol. The molecule has 0 aliphatic rings. The zero-order chi connectivity index (χ0) is 20.9. The van der Waals surface area contributed by atoms with Gasteiger partial charge in [-0.3, -0.25) is 9.20 Å². The lowest BCUT2D eigenvalue weighted by Crippen LogP contribution is -2.23. The third-order valence-electron chi connectivity index (χ3n) is 4.71. The number of carbonyl (C=O) groups is 1. The smallest absolute Gasteiger partial charge is 0.326 e. The maximum Gasteiger partial charge on any atom is 0.350 e. The zero-order valence-corrected chi connectivity index (χ0v) is 17.4. The van der Waals surface area contributed by atoms with Crippen molar-refractivity contribution >= 4 is 29.0 Å². The van der Waals surface area contributed by atoms with E-state index < -0.39 is 0 Å². The largest absolute Gasteiger partial charge is 0.350 e. The molecule has 0 saturated heterocycles. The van der Waals surface area contributed by atoms with Crippen LogP contribution in [0.15, 0.2) is 88.7 Å². The summed E-state index contributed by atoms with van der Waals surface area (Å²) in [6, 6.07) is 23.0. The summed E-state index contributed by atoms with van der Waals surface area (Å²) in [5.74, 6) is 0.534. The van der Waals surface area contributed by atoms with Crippen LogP contribution in [0.1, 0.15) is 12.5 Å². The monoisotopic (exact) mass is 418 g/mol. The molecule has 4 aromatic rings. The summed E-state index contributed by atoms with van der Waals surface area (Å²) in [4.78, 5) is 26.2. The SMILES string of the molecule is CC(CSc1ccccc1)C(=O)Nc1cccc(Cn2nc3ccccn3c2=O)c1. The quantitative estimate of drug-likeness (QED) is 0.462. The predicted octanol–water partition coefficient (Wildman–Crippen LogP) is 3.91. The van der Waals surface area contributed by atoms with Crippen molar-refractivity contribution in [2.75, 3.05) is 11.1 Å². The summed E-state index contributed by atoms with van der Waals surface area (Å²) in [5, 5.41) is 7.34. The fourth-order valence-electron chi connectivity index (χ4n) is 3.07. The van der Waals surface area contributed by atoms with Gasteiger partial charge in [-0.1, -0.05) is 43.3 Å². The number of amides is 1. The second-order valence-corrected chi connectivity index (χ2v) is 8.18. The van der Waals surface area contributed by atoms with E-state index in [9.17, 15) is 9.59 Å². The number of nitrogens with zero attached hydrogens (tertiary/aromatic N) is 3. The molecule has 1 N–H and O–H groups in total. The minimum Gasteiger partial charge on any atom is -0.326 e. The molecular formula is C23H22N4O2S. The Labute approximate surface area is 178 Å². The number of hydrogen-bond donors (Lipinski definition) is 1. The summed E-state index contributed by atoms with van der Waals surface area (Å²) in [7, 11) is 0. The molecule has 0 radical (unpaired) electrons. The van der Waals surface area contributed by atoms with E-state index in [1.54, 1.807) is 30.1 Å². The Morgan fingerprint density at radius 3 is 2.67 bits per heavy atom. The van der Waals surface area contributed by atoms with Gasteiger partial charge in [0, 0.05) is 28.5 Å². The molecule has 2 aromatic carbocycles. The third-order valence-corrected chi connectivity index (χ3v) is 5.98. The van der Waals surface area contributed by atoms with Gasteiger partial charge in [0.15, 0.2) is 5.65 Å². The highest BCUT2D eigenvalue weighted by Gasteiger charge is 2.14. The van der Waals surface area contributed by atoms with Gasteiger partial charge >= 0.3 is 5.69 Å². The van der Waals surface area contributed by atoms with Crippen LogP contribution in [0.3, 0.4) is 0 Å². The molecule has 7 heteroatoms. The maximum atomic E-state index is 12.6. The average molecular weight is 419 g/mol. The normalized spacial score (nSPS) is 12.0. The summed E-state index contributed by atoms with van der Waals surface area (Å²) < 4.78 is 2.94. The molecule has 4 rings (SSSR count). The number of nitrogens with one attached hydrogen (secondary N) is 1. The van der Waals surface area contributed by atoms with Crippen molar-refractivity contribution in [2.24, 2.45) is 5.92 Å². The molecule has 2 heterocycles.